The van der Waals surface area contributed by atoms with E-state index in [1.165, 1.54) is 50.3 Å². The highest BCUT2D eigenvalue weighted by atomic mass is 32.2. The monoisotopic (exact) mass is 406 g/mol. The van der Waals surface area contributed by atoms with Gasteiger partial charge in [0.05, 0.1) is 18.4 Å². The average molecular weight is 407 g/mol. The molecule has 5 aliphatic rings. The van der Waals surface area contributed by atoms with Gasteiger partial charge < -0.3 is 10.1 Å². The molecule has 2 heterocycles. The Kier molecular flexibility index (Phi) is 5.03. The van der Waals surface area contributed by atoms with Crippen LogP contribution in [0.3, 0.4) is 0 Å². The van der Waals surface area contributed by atoms with Crippen molar-refractivity contribution in [1.29, 1.82) is 0 Å². The van der Waals surface area contributed by atoms with Crippen LogP contribution in [0.1, 0.15) is 51.4 Å². The predicted molar refractivity (Wildman–Crippen MR) is 106 cm³/mol. The lowest BCUT2D eigenvalue weighted by atomic mass is 9.49. The van der Waals surface area contributed by atoms with Crippen LogP contribution in [0.25, 0.3) is 0 Å². The molecule has 0 aromatic carbocycles. The minimum absolute atomic E-state index is 0.0415. The van der Waals surface area contributed by atoms with Crippen molar-refractivity contribution in [2.75, 3.05) is 18.9 Å². The van der Waals surface area contributed by atoms with Crippen LogP contribution in [0.4, 0.5) is 0 Å². The summed E-state index contributed by atoms with van der Waals surface area (Å²) in [6.07, 6.45) is 10.2. The standard InChI is InChI=1S/C20H30N4O3S/c25-17(21-12-20-7-13-4-14(8-20)6-15(5-13)9-20)11-28-19-23-22-18(26)24(19)10-16-2-1-3-27-16/h13-16H,1-12H2,(H,21,25)(H,22,26)/t13?,14?,15?,16-,20?/m1/s1. The molecule has 1 aliphatic heterocycles. The van der Waals surface area contributed by atoms with E-state index in [9.17, 15) is 9.59 Å². The zero-order valence-corrected chi connectivity index (χ0v) is 17.1. The number of aromatic nitrogens is 3. The third-order valence-electron chi connectivity index (χ3n) is 7.29. The molecule has 7 nitrogen and oxygen atoms in total. The molecule has 1 amide bonds. The zero-order chi connectivity index (χ0) is 19.1. The number of carbonyl (C=O) groups excluding carboxylic acids is 1. The maximum absolute atomic E-state index is 12.5. The normalized spacial score (nSPS) is 36.1. The molecular weight excluding hydrogens is 376 g/mol. The lowest BCUT2D eigenvalue weighted by Crippen LogP contribution is -2.51. The van der Waals surface area contributed by atoms with Crippen molar-refractivity contribution in [1.82, 2.24) is 20.1 Å². The average Bonchev–Trinajstić information content (AvgIpc) is 3.28. The molecule has 4 aliphatic carbocycles. The molecule has 28 heavy (non-hydrogen) atoms. The summed E-state index contributed by atoms with van der Waals surface area (Å²) in [6.45, 7) is 2.08. The van der Waals surface area contributed by atoms with Gasteiger partial charge in [0.1, 0.15) is 0 Å². The fraction of sp³-hybridized carbons (Fsp3) is 0.850. The smallest absolute Gasteiger partial charge is 0.344 e. The highest BCUT2D eigenvalue weighted by molar-refractivity contribution is 7.99. The molecule has 1 aromatic rings. The largest absolute Gasteiger partial charge is 0.376 e. The molecule has 1 aromatic heterocycles. The van der Waals surface area contributed by atoms with Gasteiger partial charge in [0.25, 0.3) is 0 Å². The van der Waals surface area contributed by atoms with E-state index in [0.717, 1.165) is 43.7 Å². The molecule has 6 rings (SSSR count). The first kappa shape index (κ1) is 18.7. The summed E-state index contributed by atoms with van der Waals surface area (Å²) in [5.74, 6) is 3.03. The zero-order valence-electron chi connectivity index (χ0n) is 16.3. The summed E-state index contributed by atoms with van der Waals surface area (Å²) in [5, 5.41) is 10.4. The number of nitrogens with one attached hydrogen (secondary N) is 2. The second kappa shape index (κ2) is 7.52. The maximum atomic E-state index is 12.5. The number of hydrogen-bond acceptors (Lipinski definition) is 5. The number of hydrogen-bond donors (Lipinski definition) is 2. The van der Waals surface area contributed by atoms with E-state index in [2.05, 4.69) is 15.5 Å². The van der Waals surface area contributed by atoms with Gasteiger partial charge in [-0.3, -0.25) is 9.36 Å². The Balaban J connectivity index is 1.14. The van der Waals surface area contributed by atoms with Gasteiger partial charge in [-0.05, 0) is 74.5 Å². The van der Waals surface area contributed by atoms with Crippen LogP contribution < -0.4 is 11.0 Å². The molecule has 0 spiro atoms. The van der Waals surface area contributed by atoms with Crippen molar-refractivity contribution in [3.05, 3.63) is 10.5 Å². The summed E-state index contributed by atoms with van der Waals surface area (Å²) >= 11 is 1.33. The number of H-pyrrole nitrogens is 1. The van der Waals surface area contributed by atoms with Gasteiger partial charge in [0, 0.05) is 13.2 Å². The molecule has 0 radical (unpaired) electrons. The van der Waals surface area contributed by atoms with Gasteiger partial charge in [-0.2, -0.15) is 0 Å². The third kappa shape index (κ3) is 3.77. The molecule has 8 heteroatoms. The van der Waals surface area contributed by atoms with Gasteiger partial charge >= 0.3 is 5.69 Å². The van der Waals surface area contributed by atoms with Crippen molar-refractivity contribution in [2.24, 2.45) is 23.2 Å². The first-order valence-corrected chi connectivity index (χ1v) is 11.7. The lowest BCUT2D eigenvalue weighted by molar-refractivity contribution is -0.120. The van der Waals surface area contributed by atoms with Crippen LogP contribution in [0.15, 0.2) is 9.95 Å². The molecular formula is C20H30N4O3S. The first-order valence-electron chi connectivity index (χ1n) is 10.7. The van der Waals surface area contributed by atoms with Crippen LogP contribution in [0, 0.1) is 23.2 Å². The number of carbonyl (C=O) groups is 1. The topological polar surface area (TPSA) is 89.0 Å². The van der Waals surface area contributed by atoms with Gasteiger partial charge in [0.2, 0.25) is 5.91 Å². The highest BCUT2D eigenvalue weighted by Crippen LogP contribution is 2.59. The van der Waals surface area contributed by atoms with Gasteiger partial charge in [-0.25, -0.2) is 9.89 Å². The van der Waals surface area contributed by atoms with E-state index in [0.29, 0.717) is 22.9 Å². The third-order valence-corrected chi connectivity index (χ3v) is 8.27. The summed E-state index contributed by atoms with van der Waals surface area (Å²) in [6, 6.07) is 0. The summed E-state index contributed by atoms with van der Waals surface area (Å²) in [4.78, 5) is 24.5. The Bertz CT molecular complexity index is 747. The van der Waals surface area contributed by atoms with E-state index in [-0.39, 0.29) is 17.7 Å². The molecule has 4 saturated carbocycles. The quantitative estimate of drug-likeness (QED) is 0.678. The van der Waals surface area contributed by atoms with Gasteiger partial charge in [0.15, 0.2) is 5.16 Å². The minimum Gasteiger partial charge on any atom is -0.376 e. The maximum Gasteiger partial charge on any atom is 0.344 e. The number of nitrogens with zero attached hydrogens (tertiary/aromatic N) is 2. The Labute approximate surface area is 169 Å². The second-order valence-electron chi connectivity index (χ2n) is 9.54. The van der Waals surface area contributed by atoms with E-state index < -0.39 is 0 Å². The van der Waals surface area contributed by atoms with E-state index >= 15 is 0 Å². The van der Waals surface area contributed by atoms with Crippen molar-refractivity contribution >= 4 is 17.7 Å². The van der Waals surface area contributed by atoms with Crippen molar-refractivity contribution < 1.29 is 9.53 Å². The Morgan fingerprint density at radius 3 is 2.61 bits per heavy atom. The highest BCUT2D eigenvalue weighted by Gasteiger charge is 2.50. The number of thioether (sulfide) groups is 1. The van der Waals surface area contributed by atoms with Crippen LogP contribution in [-0.2, 0) is 16.1 Å². The summed E-state index contributed by atoms with van der Waals surface area (Å²) in [7, 11) is 0. The number of aromatic amines is 1. The molecule has 154 valence electrons. The van der Waals surface area contributed by atoms with Crippen LogP contribution >= 0.6 is 11.8 Å². The molecule has 1 atom stereocenters. The number of amides is 1. The molecule has 5 fully saturated rings. The Morgan fingerprint density at radius 2 is 1.96 bits per heavy atom. The Morgan fingerprint density at radius 1 is 1.25 bits per heavy atom. The Hall–Kier alpha value is -1.28. The van der Waals surface area contributed by atoms with E-state index in [1.54, 1.807) is 4.57 Å². The van der Waals surface area contributed by atoms with Gasteiger partial charge in [-0.15, -0.1) is 5.10 Å². The minimum atomic E-state index is -0.230. The van der Waals surface area contributed by atoms with Crippen molar-refractivity contribution in [3.63, 3.8) is 0 Å². The summed E-state index contributed by atoms with van der Waals surface area (Å²) < 4.78 is 7.23. The SMILES string of the molecule is O=C(CSc1n[nH]c(=O)n1C[C@H]1CCCO1)NCC12CC3CC(CC(C3)C1)C2. The van der Waals surface area contributed by atoms with Crippen molar-refractivity contribution in [3.8, 4) is 0 Å². The second-order valence-corrected chi connectivity index (χ2v) is 10.5. The van der Waals surface area contributed by atoms with Crippen molar-refractivity contribution in [2.45, 2.75) is 69.2 Å². The number of ether oxygens (including phenoxy) is 1. The fourth-order valence-corrected chi connectivity index (χ4v) is 7.33. The molecule has 2 N–H and O–H groups in total. The first-order chi connectivity index (χ1) is 13.6. The van der Waals surface area contributed by atoms with Crippen LogP contribution in [0.5, 0.6) is 0 Å². The molecule has 4 bridgehead atoms. The molecule has 1 saturated heterocycles. The van der Waals surface area contributed by atoms with E-state index in [1.807, 2.05) is 0 Å². The van der Waals surface area contributed by atoms with Gasteiger partial charge in [-0.1, -0.05) is 11.8 Å². The summed E-state index contributed by atoms with van der Waals surface area (Å²) in [5.41, 5.74) is 0.121. The predicted octanol–water partition coefficient (Wildman–Crippen LogP) is 2.18. The van der Waals surface area contributed by atoms with Crippen LogP contribution in [0.2, 0.25) is 0 Å². The van der Waals surface area contributed by atoms with E-state index in [4.69, 9.17) is 4.74 Å². The number of rotatable bonds is 7. The molecule has 0 unspecified atom stereocenters. The van der Waals surface area contributed by atoms with Crippen LogP contribution in [-0.4, -0.2) is 45.7 Å². The fourth-order valence-electron chi connectivity index (χ4n) is 6.54. The lowest BCUT2D eigenvalue weighted by Gasteiger charge is -2.56.